The molecule has 0 saturated carbocycles. The van der Waals surface area contributed by atoms with Crippen molar-refractivity contribution in [3.05, 3.63) is 60.1 Å². The Hall–Kier alpha value is -2.29. The van der Waals surface area contributed by atoms with Gasteiger partial charge in [-0.1, -0.05) is 30.3 Å². The van der Waals surface area contributed by atoms with Crippen molar-refractivity contribution in [1.82, 2.24) is 0 Å². The number of carbonyl (C=O) groups is 1. The van der Waals surface area contributed by atoms with Gasteiger partial charge in [0, 0.05) is 5.56 Å². The molecule has 0 aliphatic rings. The third kappa shape index (κ3) is 2.20. The lowest BCUT2D eigenvalue weighted by Gasteiger charge is -1.98. The maximum Gasteiger partial charge on any atom is 0.336 e. The Morgan fingerprint density at radius 2 is 1.94 bits per heavy atom. The van der Waals surface area contributed by atoms with E-state index >= 15 is 0 Å². The van der Waals surface area contributed by atoms with Crippen molar-refractivity contribution >= 4 is 17.6 Å². The SMILES string of the molecule is O=C(O)/C(=C/c1ccccc1)c1ccoc1. The van der Waals surface area contributed by atoms with Gasteiger partial charge in [0.05, 0.1) is 18.1 Å². The molecule has 16 heavy (non-hydrogen) atoms. The standard InChI is InChI=1S/C13H10O3/c14-13(15)12(11-6-7-16-9-11)8-10-4-2-1-3-5-10/h1-9H,(H,14,15)/b12-8+. The van der Waals surface area contributed by atoms with Crippen LogP contribution in [0.25, 0.3) is 11.6 Å². The van der Waals surface area contributed by atoms with Gasteiger partial charge in [0.25, 0.3) is 0 Å². The van der Waals surface area contributed by atoms with Crippen LogP contribution in [-0.4, -0.2) is 11.1 Å². The summed E-state index contributed by atoms with van der Waals surface area (Å²) in [6.07, 6.45) is 4.49. The molecule has 0 fully saturated rings. The van der Waals surface area contributed by atoms with Gasteiger partial charge in [0.2, 0.25) is 0 Å². The van der Waals surface area contributed by atoms with E-state index in [1.807, 2.05) is 30.3 Å². The van der Waals surface area contributed by atoms with Gasteiger partial charge in [0.15, 0.2) is 0 Å². The first kappa shape index (κ1) is 10.2. The second kappa shape index (κ2) is 4.49. The lowest BCUT2D eigenvalue weighted by atomic mass is 10.1. The van der Waals surface area contributed by atoms with E-state index in [2.05, 4.69) is 0 Å². The highest BCUT2D eigenvalue weighted by Crippen LogP contribution is 2.18. The van der Waals surface area contributed by atoms with Crippen LogP contribution in [0, 0.1) is 0 Å². The molecule has 3 heteroatoms. The molecule has 0 unspecified atom stereocenters. The molecule has 0 bridgehead atoms. The van der Waals surface area contributed by atoms with Crippen LogP contribution in [0.3, 0.4) is 0 Å². The number of hydrogen-bond acceptors (Lipinski definition) is 2. The van der Waals surface area contributed by atoms with Gasteiger partial charge >= 0.3 is 5.97 Å². The zero-order valence-electron chi connectivity index (χ0n) is 8.46. The summed E-state index contributed by atoms with van der Waals surface area (Å²) in [5, 5.41) is 9.10. The Morgan fingerprint density at radius 1 is 1.19 bits per heavy atom. The highest BCUT2D eigenvalue weighted by atomic mass is 16.4. The lowest BCUT2D eigenvalue weighted by molar-refractivity contribution is -0.130. The smallest absolute Gasteiger partial charge is 0.336 e. The van der Waals surface area contributed by atoms with E-state index in [0.29, 0.717) is 5.56 Å². The molecule has 2 aromatic rings. The van der Waals surface area contributed by atoms with Gasteiger partial charge in [0.1, 0.15) is 0 Å². The van der Waals surface area contributed by atoms with Crippen molar-refractivity contribution in [3.8, 4) is 0 Å². The number of carboxylic acids is 1. The van der Waals surface area contributed by atoms with Crippen molar-refractivity contribution in [3.63, 3.8) is 0 Å². The van der Waals surface area contributed by atoms with Crippen LogP contribution in [0.1, 0.15) is 11.1 Å². The predicted molar refractivity (Wildman–Crippen MR) is 60.7 cm³/mol. The zero-order valence-corrected chi connectivity index (χ0v) is 8.46. The molecule has 0 amide bonds. The van der Waals surface area contributed by atoms with Crippen molar-refractivity contribution in [2.24, 2.45) is 0 Å². The summed E-state index contributed by atoms with van der Waals surface area (Å²) in [6.45, 7) is 0. The van der Waals surface area contributed by atoms with Crippen LogP contribution < -0.4 is 0 Å². The zero-order chi connectivity index (χ0) is 11.4. The fraction of sp³-hybridized carbons (Fsp3) is 0. The molecule has 0 spiro atoms. The lowest BCUT2D eigenvalue weighted by Crippen LogP contribution is -1.98. The number of benzene rings is 1. The summed E-state index contributed by atoms with van der Waals surface area (Å²) >= 11 is 0. The fourth-order valence-electron chi connectivity index (χ4n) is 1.40. The van der Waals surface area contributed by atoms with E-state index in [1.165, 1.54) is 12.5 Å². The highest BCUT2D eigenvalue weighted by molar-refractivity contribution is 6.20. The minimum absolute atomic E-state index is 0.222. The summed E-state index contributed by atoms with van der Waals surface area (Å²) < 4.78 is 4.88. The monoisotopic (exact) mass is 214 g/mol. The largest absolute Gasteiger partial charge is 0.478 e. The first-order valence-electron chi connectivity index (χ1n) is 4.80. The first-order valence-corrected chi connectivity index (χ1v) is 4.80. The topological polar surface area (TPSA) is 50.4 Å². The van der Waals surface area contributed by atoms with Gasteiger partial charge in [-0.25, -0.2) is 4.79 Å². The maximum atomic E-state index is 11.1. The van der Waals surface area contributed by atoms with Crippen LogP contribution in [-0.2, 0) is 4.79 Å². The summed E-state index contributed by atoms with van der Waals surface area (Å²) in [4.78, 5) is 11.1. The molecular weight excluding hydrogens is 204 g/mol. The van der Waals surface area contributed by atoms with Crippen LogP contribution in [0.4, 0.5) is 0 Å². The Balaban J connectivity index is 2.42. The normalized spacial score (nSPS) is 11.4. The Bertz CT molecular complexity index is 495. The van der Waals surface area contributed by atoms with E-state index < -0.39 is 5.97 Å². The molecule has 0 aliphatic carbocycles. The summed E-state index contributed by atoms with van der Waals surface area (Å²) in [7, 11) is 0. The maximum absolute atomic E-state index is 11.1. The third-order valence-corrected chi connectivity index (χ3v) is 2.17. The Labute approximate surface area is 92.6 Å². The van der Waals surface area contributed by atoms with Crippen LogP contribution in [0.15, 0.2) is 53.3 Å². The van der Waals surface area contributed by atoms with Crippen molar-refractivity contribution in [2.45, 2.75) is 0 Å². The number of hydrogen-bond donors (Lipinski definition) is 1. The van der Waals surface area contributed by atoms with E-state index in [-0.39, 0.29) is 5.57 Å². The number of carboxylic acid groups (broad SMARTS) is 1. The summed E-state index contributed by atoms with van der Waals surface area (Å²) in [5.74, 6) is -0.967. The molecule has 1 aromatic heterocycles. The molecule has 80 valence electrons. The fourth-order valence-corrected chi connectivity index (χ4v) is 1.40. The molecular formula is C13H10O3. The third-order valence-electron chi connectivity index (χ3n) is 2.17. The Kier molecular flexibility index (Phi) is 2.87. The number of aliphatic carboxylic acids is 1. The minimum Gasteiger partial charge on any atom is -0.478 e. The van der Waals surface area contributed by atoms with Gasteiger partial charge in [-0.3, -0.25) is 0 Å². The quantitative estimate of drug-likeness (QED) is 0.799. The average Bonchev–Trinajstić information content (AvgIpc) is 2.80. The molecule has 0 atom stereocenters. The van der Waals surface area contributed by atoms with Crippen molar-refractivity contribution < 1.29 is 14.3 Å². The second-order valence-electron chi connectivity index (χ2n) is 3.29. The summed E-state index contributed by atoms with van der Waals surface area (Å²) in [6, 6.07) is 10.9. The van der Waals surface area contributed by atoms with Crippen molar-refractivity contribution in [1.29, 1.82) is 0 Å². The van der Waals surface area contributed by atoms with E-state index in [1.54, 1.807) is 12.1 Å². The van der Waals surface area contributed by atoms with Gasteiger partial charge in [-0.15, -0.1) is 0 Å². The van der Waals surface area contributed by atoms with E-state index in [0.717, 1.165) is 5.56 Å². The minimum atomic E-state index is -0.967. The highest BCUT2D eigenvalue weighted by Gasteiger charge is 2.11. The van der Waals surface area contributed by atoms with Crippen LogP contribution in [0.5, 0.6) is 0 Å². The second-order valence-corrected chi connectivity index (χ2v) is 3.29. The van der Waals surface area contributed by atoms with Gasteiger partial charge in [-0.05, 0) is 17.7 Å². The first-order chi connectivity index (χ1) is 7.77. The van der Waals surface area contributed by atoms with Gasteiger partial charge in [-0.2, -0.15) is 0 Å². The van der Waals surface area contributed by atoms with Crippen LogP contribution in [0.2, 0.25) is 0 Å². The van der Waals surface area contributed by atoms with Crippen LogP contribution >= 0.6 is 0 Å². The molecule has 1 heterocycles. The number of furan rings is 1. The molecule has 2 rings (SSSR count). The molecule has 3 nitrogen and oxygen atoms in total. The van der Waals surface area contributed by atoms with Crippen molar-refractivity contribution in [2.75, 3.05) is 0 Å². The molecule has 1 aromatic carbocycles. The average molecular weight is 214 g/mol. The molecule has 0 saturated heterocycles. The number of rotatable bonds is 3. The predicted octanol–water partition coefficient (Wildman–Crippen LogP) is 2.90. The van der Waals surface area contributed by atoms with Gasteiger partial charge < -0.3 is 9.52 Å². The van der Waals surface area contributed by atoms with E-state index in [4.69, 9.17) is 9.52 Å². The summed E-state index contributed by atoms with van der Waals surface area (Å²) in [5.41, 5.74) is 1.64. The molecule has 0 radical (unpaired) electrons. The molecule has 1 N–H and O–H groups in total. The Morgan fingerprint density at radius 3 is 2.50 bits per heavy atom. The van der Waals surface area contributed by atoms with E-state index in [9.17, 15) is 4.79 Å². The molecule has 0 aliphatic heterocycles.